The van der Waals surface area contributed by atoms with Crippen LogP contribution in [0, 0.1) is 5.82 Å². The molecule has 0 fully saturated rings. The molecule has 0 spiro atoms. The van der Waals surface area contributed by atoms with Crippen LogP contribution in [0.4, 0.5) is 10.2 Å². The van der Waals surface area contributed by atoms with E-state index in [2.05, 4.69) is 9.97 Å². The number of hydrogen-bond donors (Lipinski definition) is 2. The first-order valence-corrected chi connectivity index (χ1v) is 5.63. The van der Waals surface area contributed by atoms with Crippen LogP contribution in [0.3, 0.4) is 0 Å². The van der Waals surface area contributed by atoms with E-state index in [4.69, 9.17) is 5.73 Å². The molecule has 0 aliphatic carbocycles. The molecule has 3 aromatic rings. The number of nitrogen functional groups attached to an aromatic ring is 1. The molecule has 19 heavy (non-hydrogen) atoms. The molecule has 0 unspecified atom stereocenters. The number of nitrogens with zero attached hydrogens (tertiary/aromatic N) is 2. The van der Waals surface area contributed by atoms with Crippen LogP contribution in [-0.4, -0.2) is 15.1 Å². The second kappa shape index (κ2) is 4.20. The molecule has 94 valence electrons. The predicted molar refractivity (Wildman–Crippen MR) is 71.0 cm³/mol. The van der Waals surface area contributed by atoms with Gasteiger partial charge in [0.1, 0.15) is 23.7 Å². The second-order valence-electron chi connectivity index (χ2n) is 4.19. The van der Waals surface area contributed by atoms with Crippen molar-refractivity contribution in [3.05, 3.63) is 48.5 Å². The lowest BCUT2D eigenvalue weighted by molar-refractivity contribution is 0.469. The van der Waals surface area contributed by atoms with Gasteiger partial charge in [-0.05, 0) is 35.4 Å². The zero-order chi connectivity index (χ0) is 13.4. The van der Waals surface area contributed by atoms with Crippen molar-refractivity contribution >= 4 is 16.7 Å². The summed E-state index contributed by atoms with van der Waals surface area (Å²) in [7, 11) is 0. The van der Waals surface area contributed by atoms with Gasteiger partial charge >= 0.3 is 0 Å². The molecule has 4 nitrogen and oxygen atoms in total. The molecule has 3 N–H and O–H groups in total. The van der Waals surface area contributed by atoms with E-state index >= 15 is 0 Å². The molecule has 0 saturated heterocycles. The van der Waals surface area contributed by atoms with Crippen molar-refractivity contribution in [3.8, 4) is 16.9 Å². The Bertz CT molecular complexity index is 753. The van der Waals surface area contributed by atoms with Crippen molar-refractivity contribution < 1.29 is 9.50 Å². The Morgan fingerprint density at radius 3 is 2.63 bits per heavy atom. The van der Waals surface area contributed by atoms with Crippen LogP contribution in [0.5, 0.6) is 5.75 Å². The number of rotatable bonds is 1. The van der Waals surface area contributed by atoms with Gasteiger partial charge in [0.15, 0.2) is 0 Å². The Balaban J connectivity index is 2.22. The van der Waals surface area contributed by atoms with Crippen LogP contribution in [0.1, 0.15) is 0 Å². The number of phenols is 1. The third-order valence-electron chi connectivity index (χ3n) is 2.88. The summed E-state index contributed by atoms with van der Waals surface area (Å²) in [6, 6.07) is 9.25. The highest BCUT2D eigenvalue weighted by Crippen LogP contribution is 2.28. The lowest BCUT2D eigenvalue weighted by atomic mass is 10.0. The number of halogens is 1. The first-order chi connectivity index (χ1) is 9.13. The number of aromatic hydroxyl groups is 1. The summed E-state index contributed by atoms with van der Waals surface area (Å²) in [5.41, 5.74) is 7.82. The predicted octanol–water partition coefficient (Wildman–Crippen LogP) is 2.72. The summed E-state index contributed by atoms with van der Waals surface area (Å²) >= 11 is 0. The molecule has 0 saturated carbocycles. The summed E-state index contributed by atoms with van der Waals surface area (Å²) in [4.78, 5) is 8.02. The highest BCUT2D eigenvalue weighted by molar-refractivity contribution is 5.91. The molecule has 0 aliphatic rings. The molecule has 0 amide bonds. The van der Waals surface area contributed by atoms with Crippen molar-refractivity contribution in [3.63, 3.8) is 0 Å². The molecular formula is C14H10FN3O. The molecule has 2 aromatic carbocycles. The maximum atomic E-state index is 13.3. The SMILES string of the molecule is Nc1ncnc2ccc(-c3cc(O)cc(F)c3)cc12. The maximum absolute atomic E-state index is 13.3. The third kappa shape index (κ3) is 2.06. The van der Waals surface area contributed by atoms with Gasteiger partial charge in [-0.3, -0.25) is 0 Å². The monoisotopic (exact) mass is 255 g/mol. The van der Waals surface area contributed by atoms with Gasteiger partial charge in [0.05, 0.1) is 5.52 Å². The average molecular weight is 255 g/mol. The lowest BCUT2D eigenvalue weighted by Gasteiger charge is -2.06. The summed E-state index contributed by atoms with van der Waals surface area (Å²) in [6.07, 6.45) is 1.39. The smallest absolute Gasteiger partial charge is 0.134 e. The van der Waals surface area contributed by atoms with E-state index in [0.717, 1.165) is 17.1 Å². The fraction of sp³-hybridized carbons (Fsp3) is 0. The van der Waals surface area contributed by atoms with Crippen LogP contribution >= 0.6 is 0 Å². The minimum absolute atomic E-state index is 0.118. The molecule has 0 bridgehead atoms. The van der Waals surface area contributed by atoms with E-state index in [1.807, 2.05) is 0 Å². The number of nitrogens with two attached hydrogens (primary N) is 1. The van der Waals surface area contributed by atoms with Crippen molar-refractivity contribution in [1.29, 1.82) is 0 Å². The zero-order valence-electron chi connectivity index (χ0n) is 9.84. The Morgan fingerprint density at radius 1 is 1.00 bits per heavy atom. The normalized spacial score (nSPS) is 10.8. The second-order valence-corrected chi connectivity index (χ2v) is 4.19. The van der Waals surface area contributed by atoms with Crippen molar-refractivity contribution in [2.24, 2.45) is 0 Å². The first kappa shape index (κ1) is 11.4. The lowest BCUT2D eigenvalue weighted by Crippen LogP contribution is -1.93. The first-order valence-electron chi connectivity index (χ1n) is 5.63. The standard InChI is InChI=1S/C14H10FN3O/c15-10-3-9(4-11(19)6-10)8-1-2-13-12(5-8)14(16)18-7-17-13/h1-7,19H,(H2,16,17,18). The third-order valence-corrected chi connectivity index (χ3v) is 2.88. The number of phenolic OH excluding ortho intramolecular Hbond substituents is 1. The van der Waals surface area contributed by atoms with Gasteiger partial charge in [0.25, 0.3) is 0 Å². The molecule has 0 radical (unpaired) electrons. The fourth-order valence-electron chi connectivity index (χ4n) is 2.00. The summed E-state index contributed by atoms with van der Waals surface area (Å²) in [5.74, 6) is -0.243. The summed E-state index contributed by atoms with van der Waals surface area (Å²) < 4.78 is 13.3. The van der Waals surface area contributed by atoms with Crippen molar-refractivity contribution in [1.82, 2.24) is 9.97 Å². The highest BCUT2D eigenvalue weighted by atomic mass is 19.1. The fourth-order valence-corrected chi connectivity index (χ4v) is 2.00. The van der Waals surface area contributed by atoms with Gasteiger partial charge in [-0.2, -0.15) is 0 Å². The highest BCUT2D eigenvalue weighted by Gasteiger charge is 2.06. The Labute approximate surface area is 108 Å². The van der Waals surface area contributed by atoms with Crippen LogP contribution in [0.25, 0.3) is 22.0 Å². The van der Waals surface area contributed by atoms with Crippen LogP contribution in [0.15, 0.2) is 42.7 Å². The average Bonchev–Trinajstić information content (AvgIpc) is 2.38. The number of aromatic nitrogens is 2. The van der Waals surface area contributed by atoms with Crippen molar-refractivity contribution in [2.45, 2.75) is 0 Å². The minimum atomic E-state index is -0.493. The Morgan fingerprint density at radius 2 is 1.84 bits per heavy atom. The molecule has 1 aromatic heterocycles. The number of anilines is 1. The molecule has 0 aliphatic heterocycles. The molecule has 0 atom stereocenters. The zero-order valence-corrected chi connectivity index (χ0v) is 9.84. The van der Waals surface area contributed by atoms with E-state index in [9.17, 15) is 9.50 Å². The molecule has 1 heterocycles. The Hall–Kier alpha value is -2.69. The van der Waals surface area contributed by atoms with E-state index < -0.39 is 5.82 Å². The van der Waals surface area contributed by atoms with E-state index in [0.29, 0.717) is 16.8 Å². The molecule has 3 rings (SSSR count). The largest absolute Gasteiger partial charge is 0.508 e. The Kier molecular flexibility index (Phi) is 2.52. The molecule has 5 heteroatoms. The van der Waals surface area contributed by atoms with Gasteiger partial charge in [-0.25, -0.2) is 14.4 Å². The summed E-state index contributed by atoms with van der Waals surface area (Å²) in [6.45, 7) is 0. The van der Waals surface area contributed by atoms with Gasteiger partial charge in [0, 0.05) is 11.5 Å². The van der Waals surface area contributed by atoms with Gasteiger partial charge in [0.2, 0.25) is 0 Å². The number of benzene rings is 2. The quantitative estimate of drug-likeness (QED) is 0.701. The van der Waals surface area contributed by atoms with Crippen LogP contribution in [0.2, 0.25) is 0 Å². The van der Waals surface area contributed by atoms with E-state index in [-0.39, 0.29) is 5.75 Å². The summed E-state index contributed by atoms with van der Waals surface area (Å²) in [5, 5.41) is 10.1. The van der Waals surface area contributed by atoms with Gasteiger partial charge < -0.3 is 10.8 Å². The number of fused-ring (bicyclic) bond motifs is 1. The maximum Gasteiger partial charge on any atom is 0.134 e. The van der Waals surface area contributed by atoms with Crippen molar-refractivity contribution in [2.75, 3.05) is 5.73 Å². The van der Waals surface area contributed by atoms with Gasteiger partial charge in [-0.15, -0.1) is 0 Å². The van der Waals surface area contributed by atoms with Crippen LogP contribution < -0.4 is 5.73 Å². The minimum Gasteiger partial charge on any atom is -0.508 e. The van der Waals surface area contributed by atoms with Crippen LogP contribution in [-0.2, 0) is 0 Å². The van der Waals surface area contributed by atoms with E-state index in [1.54, 1.807) is 18.2 Å². The van der Waals surface area contributed by atoms with Gasteiger partial charge in [-0.1, -0.05) is 6.07 Å². The molecular weight excluding hydrogens is 245 g/mol. The van der Waals surface area contributed by atoms with E-state index in [1.165, 1.54) is 18.5 Å². The number of hydrogen-bond acceptors (Lipinski definition) is 4. The topological polar surface area (TPSA) is 72.0 Å².